The average Bonchev–Trinajstić information content (AvgIpc) is 3.02. The first kappa shape index (κ1) is 14.2. The maximum absolute atomic E-state index is 12.3. The van der Waals surface area contributed by atoms with Crippen LogP contribution in [-0.4, -0.2) is 34.9 Å². The second-order valence-electron chi connectivity index (χ2n) is 7.78. The molecule has 4 fully saturated rings. The summed E-state index contributed by atoms with van der Waals surface area (Å²) < 4.78 is 11.3. The first-order valence-corrected chi connectivity index (χ1v) is 8.01. The van der Waals surface area contributed by atoms with Gasteiger partial charge in [-0.25, -0.2) is 4.79 Å². The highest BCUT2D eigenvalue weighted by molar-refractivity contribution is 5.90. The lowest BCUT2D eigenvalue weighted by Crippen LogP contribution is -2.65. The van der Waals surface area contributed by atoms with E-state index in [-0.39, 0.29) is 41.2 Å². The van der Waals surface area contributed by atoms with E-state index in [1.165, 1.54) is 6.92 Å². The summed E-state index contributed by atoms with van der Waals surface area (Å²) in [6.07, 6.45) is 0.556. The van der Waals surface area contributed by atoms with Crippen molar-refractivity contribution in [1.82, 2.24) is 0 Å². The molecule has 0 unspecified atom stereocenters. The second-order valence-corrected chi connectivity index (χ2v) is 7.78. The number of carbonyl (C=O) groups excluding carboxylic acids is 2. The molecule has 3 aliphatic carbocycles. The fraction of sp³-hybridized carbons (Fsp3) is 0.765. The van der Waals surface area contributed by atoms with Gasteiger partial charge in [-0.15, -0.1) is 0 Å². The lowest BCUT2D eigenvalue weighted by molar-refractivity contribution is -0.227. The molecule has 5 heteroatoms. The van der Waals surface area contributed by atoms with Gasteiger partial charge in [0.25, 0.3) is 0 Å². The summed E-state index contributed by atoms with van der Waals surface area (Å²) in [4.78, 5) is 23.7. The summed E-state index contributed by atoms with van der Waals surface area (Å²) in [6.45, 7) is 9.37. The Labute approximate surface area is 129 Å². The predicted octanol–water partition coefficient (Wildman–Crippen LogP) is 1.44. The molecule has 2 bridgehead atoms. The molecule has 120 valence electrons. The van der Waals surface area contributed by atoms with Gasteiger partial charge in [0, 0.05) is 30.3 Å². The Hall–Kier alpha value is -1.36. The fourth-order valence-corrected chi connectivity index (χ4v) is 5.73. The first-order valence-electron chi connectivity index (χ1n) is 8.01. The monoisotopic (exact) mass is 306 g/mol. The van der Waals surface area contributed by atoms with Gasteiger partial charge in [0.05, 0.1) is 0 Å². The van der Waals surface area contributed by atoms with Crippen LogP contribution in [0, 0.1) is 29.1 Å². The van der Waals surface area contributed by atoms with Crippen molar-refractivity contribution >= 4 is 11.9 Å². The number of hydrogen-bond acceptors (Lipinski definition) is 5. The molecular weight excluding hydrogens is 284 g/mol. The highest BCUT2D eigenvalue weighted by atomic mass is 16.6. The molecule has 0 aromatic heterocycles. The van der Waals surface area contributed by atoms with Crippen LogP contribution in [0.3, 0.4) is 0 Å². The number of carbonyl (C=O) groups is 2. The van der Waals surface area contributed by atoms with Gasteiger partial charge in [-0.1, -0.05) is 20.4 Å². The van der Waals surface area contributed by atoms with Gasteiger partial charge in [-0.2, -0.15) is 0 Å². The van der Waals surface area contributed by atoms with Crippen molar-refractivity contribution in [1.29, 1.82) is 0 Å². The number of esters is 2. The Morgan fingerprint density at radius 3 is 2.82 bits per heavy atom. The van der Waals surface area contributed by atoms with E-state index < -0.39 is 17.7 Å². The summed E-state index contributed by atoms with van der Waals surface area (Å²) in [7, 11) is 0. The van der Waals surface area contributed by atoms with Crippen molar-refractivity contribution in [3.8, 4) is 0 Å². The van der Waals surface area contributed by atoms with Gasteiger partial charge >= 0.3 is 11.9 Å². The number of aliphatic hydroxyl groups is 1. The Kier molecular flexibility index (Phi) is 2.55. The Morgan fingerprint density at radius 2 is 2.18 bits per heavy atom. The molecule has 4 aliphatic rings. The van der Waals surface area contributed by atoms with Crippen LogP contribution >= 0.6 is 0 Å². The van der Waals surface area contributed by atoms with Gasteiger partial charge in [0.2, 0.25) is 0 Å². The second kappa shape index (κ2) is 3.94. The molecule has 0 radical (unpaired) electrons. The van der Waals surface area contributed by atoms with Crippen molar-refractivity contribution in [2.45, 2.75) is 51.4 Å². The van der Waals surface area contributed by atoms with E-state index in [4.69, 9.17) is 9.47 Å². The van der Waals surface area contributed by atoms with Crippen molar-refractivity contribution in [2.24, 2.45) is 29.1 Å². The van der Waals surface area contributed by atoms with Crippen LogP contribution in [0.2, 0.25) is 0 Å². The number of aliphatic hydroxyl groups excluding tert-OH is 1. The zero-order chi connectivity index (χ0) is 16.0. The molecule has 3 saturated carbocycles. The van der Waals surface area contributed by atoms with Crippen LogP contribution in [0.15, 0.2) is 12.2 Å². The van der Waals surface area contributed by atoms with E-state index in [1.54, 1.807) is 0 Å². The minimum absolute atomic E-state index is 0.0349. The SMILES string of the molecule is C=C1C(=O)O[C@@]23[C@@H](C)[C@@H](OC(C)=O)C[C@H]2[C@]2(C)C[C@@H]2[C@@H]1[C@@H]3O. The van der Waals surface area contributed by atoms with Crippen LogP contribution in [0.5, 0.6) is 0 Å². The number of rotatable bonds is 1. The summed E-state index contributed by atoms with van der Waals surface area (Å²) in [5, 5.41) is 11.0. The molecule has 4 rings (SSSR count). The van der Waals surface area contributed by atoms with Gasteiger partial charge in [0.15, 0.2) is 0 Å². The van der Waals surface area contributed by atoms with Crippen LogP contribution < -0.4 is 0 Å². The Bertz CT molecular complexity index is 598. The molecule has 5 nitrogen and oxygen atoms in total. The molecule has 22 heavy (non-hydrogen) atoms. The van der Waals surface area contributed by atoms with E-state index in [9.17, 15) is 14.7 Å². The van der Waals surface area contributed by atoms with Crippen LogP contribution in [0.25, 0.3) is 0 Å². The maximum atomic E-state index is 12.3. The largest absolute Gasteiger partial charge is 0.462 e. The fourth-order valence-electron chi connectivity index (χ4n) is 5.73. The number of hydrogen-bond donors (Lipinski definition) is 1. The quantitative estimate of drug-likeness (QED) is 0.586. The smallest absolute Gasteiger partial charge is 0.334 e. The zero-order valence-electron chi connectivity index (χ0n) is 13.2. The third-order valence-electron chi connectivity index (χ3n) is 6.91. The maximum Gasteiger partial charge on any atom is 0.334 e. The molecular formula is C17H22O5. The molecule has 0 aromatic carbocycles. The van der Waals surface area contributed by atoms with Crippen LogP contribution in [-0.2, 0) is 19.1 Å². The molecule has 0 amide bonds. The highest BCUT2D eigenvalue weighted by Gasteiger charge is 2.79. The molecule has 8 atom stereocenters. The zero-order valence-corrected chi connectivity index (χ0v) is 13.2. The molecule has 1 heterocycles. The van der Waals surface area contributed by atoms with Gasteiger partial charge in [-0.05, 0) is 24.2 Å². The van der Waals surface area contributed by atoms with E-state index in [0.29, 0.717) is 12.0 Å². The van der Waals surface area contributed by atoms with E-state index in [0.717, 1.165) is 6.42 Å². The van der Waals surface area contributed by atoms with Crippen LogP contribution in [0.1, 0.15) is 33.6 Å². The summed E-state index contributed by atoms with van der Waals surface area (Å²) in [6, 6.07) is 0. The lowest BCUT2D eigenvalue weighted by Gasteiger charge is -2.54. The molecule has 1 aliphatic heterocycles. The Morgan fingerprint density at radius 1 is 1.50 bits per heavy atom. The van der Waals surface area contributed by atoms with E-state index >= 15 is 0 Å². The minimum atomic E-state index is -0.940. The molecule has 1 spiro atoms. The summed E-state index contributed by atoms with van der Waals surface area (Å²) in [5.74, 6) is -0.848. The molecule has 1 saturated heterocycles. The van der Waals surface area contributed by atoms with Crippen molar-refractivity contribution in [2.75, 3.05) is 0 Å². The van der Waals surface area contributed by atoms with Gasteiger partial charge in [0.1, 0.15) is 17.8 Å². The summed E-state index contributed by atoms with van der Waals surface area (Å²) in [5.41, 5.74) is -0.505. The predicted molar refractivity (Wildman–Crippen MR) is 76.5 cm³/mol. The van der Waals surface area contributed by atoms with E-state index in [2.05, 4.69) is 13.5 Å². The number of ether oxygens (including phenoxy) is 2. The van der Waals surface area contributed by atoms with Crippen molar-refractivity contribution in [3.05, 3.63) is 12.2 Å². The van der Waals surface area contributed by atoms with Crippen molar-refractivity contribution in [3.63, 3.8) is 0 Å². The first-order chi connectivity index (χ1) is 10.2. The summed E-state index contributed by atoms with van der Waals surface area (Å²) >= 11 is 0. The molecule has 0 aromatic rings. The Balaban J connectivity index is 1.81. The molecule has 1 N–H and O–H groups in total. The lowest BCUT2D eigenvalue weighted by atomic mass is 9.60. The third-order valence-corrected chi connectivity index (χ3v) is 6.91. The van der Waals surface area contributed by atoms with Crippen LogP contribution in [0.4, 0.5) is 0 Å². The average molecular weight is 306 g/mol. The topological polar surface area (TPSA) is 72.8 Å². The third kappa shape index (κ3) is 1.39. The minimum Gasteiger partial charge on any atom is -0.462 e. The van der Waals surface area contributed by atoms with Crippen molar-refractivity contribution < 1.29 is 24.2 Å². The normalized spacial score (nSPS) is 55.1. The van der Waals surface area contributed by atoms with E-state index in [1.807, 2.05) is 6.92 Å². The number of fused-ring (bicyclic) bond motifs is 4. The highest BCUT2D eigenvalue weighted by Crippen LogP contribution is 2.75. The van der Waals surface area contributed by atoms with Gasteiger partial charge in [-0.3, -0.25) is 4.79 Å². The standard InChI is InChI=1S/C17H22O5/c1-7-13-10-6-16(10,4)12-5-11(21-9(3)18)8(2)17(12,14(13)19)22-15(7)20/h8,10-14,19H,1,5-6H2,2-4H3/t8-,10+,11-,12-,13+,14-,16+,17-/m0/s1. The van der Waals surface area contributed by atoms with Gasteiger partial charge < -0.3 is 14.6 Å².